The van der Waals surface area contributed by atoms with E-state index in [1.807, 2.05) is 12.1 Å². The summed E-state index contributed by atoms with van der Waals surface area (Å²) in [6.45, 7) is 0.362. The third kappa shape index (κ3) is 5.08. The van der Waals surface area contributed by atoms with Crippen LogP contribution in [0.25, 0.3) is 21.5 Å². The molecular weight excluding hydrogens is 467 g/mol. The Morgan fingerprint density at radius 1 is 0.528 bits per heavy atom. The molecule has 0 N–H and O–H groups in total. The standard InChI is InChI=1S/C31H29O4P/c1-32-21-34-30-26-14-8-6-12-24(26)16-18-28(30)36(20-23-10-4-3-5-11-23)29-19-17-25-13-7-9-15-27(25)31(29)35-22-33-2/h3-19H,20-22H2,1-2H3. The van der Waals surface area contributed by atoms with Crippen LogP contribution in [0, 0.1) is 0 Å². The molecule has 0 aliphatic rings. The van der Waals surface area contributed by atoms with E-state index in [0.717, 1.165) is 49.8 Å². The van der Waals surface area contributed by atoms with Gasteiger partial charge in [-0.05, 0) is 36.4 Å². The van der Waals surface area contributed by atoms with Crippen molar-refractivity contribution in [2.45, 2.75) is 6.16 Å². The molecule has 0 bridgehead atoms. The van der Waals surface area contributed by atoms with E-state index in [1.165, 1.54) is 5.56 Å². The molecule has 0 fully saturated rings. The summed E-state index contributed by atoms with van der Waals surface area (Å²) in [5, 5.41) is 6.73. The number of ether oxygens (including phenoxy) is 4. The van der Waals surface area contributed by atoms with Crippen molar-refractivity contribution in [3.05, 3.63) is 109 Å². The summed E-state index contributed by atoms with van der Waals surface area (Å²) in [6.07, 6.45) is 0.847. The van der Waals surface area contributed by atoms with Gasteiger partial charge in [0.25, 0.3) is 0 Å². The Morgan fingerprint density at radius 3 is 1.50 bits per heavy atom. The van der Waals surface area contributed by atoms with Crippen LogP contribution in [0.5, 0.6) is 11.5 Å². The molecule has 5 aromatic rings. The van der Waals surface area contributed by atoms with Crippen molar-refractivity contribution in [1.82, 2.24) is 0 Å². The van der Waals surface area contributed by atoms with Gasteiger partial charge in [0, 0.05) is 41.8 Å². The molecule has 182 valence electrons. The highest BCUT2D eigenvalue weighted by Gasteiger charge is 2.25. The Hall–Kier alpha value is -3.43. The fourth-order valence-corrected chi connectivity index (χ4v) is 7.04. The number of methoxy groups -OCH3 is 2. The van der Waals surface area contributed by atoms with Gasteiger partial charge >= 0.3 is 0 Å². The van der Waals surface area contributed by atoms with Gasteiger partial charge in [0.1, 0.15) is 11.5 Å². The average molecular weight is 497 g/mol. The van der Waals surface area contributed by atoms with Crippen molar-refractivity contribution in [2.75, 3.05) is 27.8 Å². The van der Waals surface area contributed by atoms with Crippen LogP contribution in [0.1, 0.15) is 5.56 Å². The Kier molecular flexibility index (Phi) is 7.78. The zero-order valence-electron chi connectivity index (χ0n) is 20.5. The minimum absolute atomic E-state index is 0.181. The van der Waals surface area contributed by atoms with Gasteiger partial charge in [0.15, 0.2) is 13.6 Å². The summed E-state index contributed by atoms with van der Waals surface area (Å²) in [7, 11) is 2.39. The first kappa shape index (κ1) is 24.3. The predicted molar refractivity (Wildman–Crippen MR) is 149 cm³/mol. The van der Waals surface area contributed by atoms with Crippen LogP contribution in [0.4, 0.5) is 0 Å². The zero-order chi connectivity index (χ0) is 24.7. The van der Waals surface area contributed by atoms with Crippen molar-refractivity contribution in [3.8, 4) is 11.5 Å². The summed E-state index contributed by atoms with van der Waals surface area (Å²) in [5.74, 6) is 1.73. The quantitative estimate of drug-likeness (QED) is 0.161. The first-order chi connectivity index (χ1) is 17.8. The third-order valence-corrected chi connectivity index (χ3v) is 8.67. The SMILES string of the molecule is COCOc1c(P(Cc2ccccc2)c2ccc3ccccc3c2OCOC)ccc2ccccc12. The molecule has 5 rings (SSSR count). The minimum Gasteiger partial charge on any atom is -0.466 e. The summed E-state index contributed by atoms with van der Waals surface area (Å²) in [6, 6.07) is 36.0. The topological polar surface area (TPSA) is 36.9 Å². The molecule has 0 spiro atoms. The van der Waals surface area contributed by atoms with Gasteiger partial charge in [-0.3, -0.25) is 0 Å². The lowest BCUT2D eigenvalue weighted by atomic mass is 10.1. The second-order valence-corrected chi connectivity index (χ2v) is 10.6. The van der Waals surface area contributed by atoms with Crippen molar-refractivity contribution >= 4 is 40.1 Å². The van der Waals surface area contributed by atoms with E-state index in [9.17, 15) is 0 Å². The molecule has 5 aromatic carbocycles. The molecule has 4 nitrogen and oxygen atoms in total. The van der Waals surface area contributed by atoms with Crippen LogP contribution < -0.4 is 20.1 Å². The van der Waals surface area contributed by atoms with E-state index < -0.39 is 7.92 Å². The average Bonchev–Trinajstić information content (AvgIpc) is 2.94. The Balaban J connectivity index is 1.75. The molecule has 0 radical (unpaired) electrons. The predicted octanol–water partition coefficient (Wildman–Crippen LogP) is 6.59. The molecule has 36 heavy (non-hydrogen) atoms. The molecule has 0 aromatic heterocycles. The van der Waals surface area contributed by atoms with Crippen LogP contribution in [0.15, 0.2) is 103 Å². The van der Waals surface area contributed by atoms with Gasteiger partial charge in [-0.1, -0.05) is 91.0 Å². The number of hydrogen-bond donors (Lipinski definition) is 0. The summed E-state index contributed by atoms with van der Waals surface area (Å²) < 4.78 is 23.2. The maximum Gasteiger partial charge on any atom is 0.188 e. The van der Waals surface area contributed by atoms with Crippen LogP contribution in [-0.2, 0) is 15.6 Å². The molecule has 0 unspecified atom stereocenters. The van der Waals surface area contributed by atoms with Gasteiger partial charge in [0.2, 0.25) is 0 Å². The van der Waals surface area contributed by atoms with E-state index in [1.54, 1.807) is 14.2 Å². The smallest absolute Gasteiger partial charge is 0.188 e. The fraction of sp³-hybridized carbons (Fsp3) is 0.161. The van der Waals surface area contributed by atoms with E-state index in [-0.39, 0.29) is 13.6 Å². The largest absolute Gasteiger partial charge is 0.466 e. The van der Waals surface area contributed by atoms with Crippen LogP contribution in [-0.4, -0.2) is 27.8 Å². The first-order valence-electron chi connectivity index (χ1n) is 11.9. The lowest BCUT2D eigenvalue weighted by Gasteiger charge is -2.25. The van der Waals surface area contributed by atoms with Crippen LogP contribution in [0.2, 0.25) is 0 Å². The second-order valence-electron chi connectivity index (χ2n) is 8.44. The van der Waals surface area contributed by atoms with Gasteiger partial charge in [0.05, 0.1) is 0 Å². The molecule has 0 aliphatic heterocycles. The molecule has 5 heteroatoms. The fourth-order valence-electron chi connectivity index (χ4n) is 4.49. The maximum absolute atomic E-state index is 6.28. The van der Waals surface area contributed by atoms with E-state index >= 15 is 0 Å². The normalized spacial score (nSPS) is 11.3. The van der Waals surface area contributed by atoms with Gasteiger partial charge < -0.3 is 18.9 Å². The Morgan fingerprint density at radius 2 is 1.00 bits per heavy atom. The summed E-state index contributed by atoms with van der Waals surface area (Å²) in [5.41, 5.74) is 1.26. The molecule has 0 amide bonds. The minimum atomic E-state index is -0.909. The number of hydrogen-bond acceptors (Lipinski definition) is 4. The van der Waals surface area contributed by atoms with Crippen LogP contribution >= 0.6 is 7.92 Å². The van der Waals surface area contributed by atoms with E-state index in [2.05, 4.69) is 91.0 Å². The zero-order valence-corrected chi connectivity index (χ0v) is 21.4. The summed E-state index contributed by atoms with van der Waals surface area (Å²) in [4.78, 5) is 0. The second kappa shape index (κ2) is 11.5. The van der Waals surface area contributed by atoms with E-state index in [0.29, 0.717) is 0 Å². The number of fused-ring (bicyclic) bond motifs is 2. The highest BCUT2D eigenvalue weighted by atomic mass is 31.1. The Bertz CT molecular complexity index is 1360. The lowest BCUT2D eigenvalue weighted by molar-refractivity contribution is 0.0529. The van der Waals surface area contributed by atoms with E-state index in [4.69, 9.17) is 18.9 Å². The summed E-state index contributed by atoms with van der Waals surface area (Å²) >= 11 is 0. The monoisotopic (exact) mass is 496 g/mol. The molecule has 0 atom stereocenters. The highest BCUT2D eigenvalue weighted by molar-refractivity contribution is 7.72. The van der Waals surface area contributed by atoms with Gasteiger partial charge in [-0.15, -0.1) is 0 Å². The lowest BCUT2D eigenvalue weighted by Crippen LogP contribution is -2.20. The number of rotatable bonds is 10. The first-order valence-corrected chi connectivity index (χ1v) is 13.4. The number of benzene rings is 5. The van der Waals surface area contributed by atoms with Crippen molar-refractivity contribution in [1.29, 1.82) is 0 Å². The van der Waals surface area contributed by atoms with Gasteiger partial charge in [-0.25, -0.2) is 0 Å². The molecule has 0 saturated carbocycles. The molecule has 0 heterocycles. The van der Waals surface area contributed by atoms with Crippen LogP contribution in [0.3, 0.4) is 0 Å². The van der Waals surface area contributed by atoms with Crippen molar-refractivity contribution < 1.29 is 18.9 Å². The van der Waals surface area contributed by atoms with Gasteiger partial charge in [-0.2, -0.15) is 0 Å². The highest BCUT2D eigenvalue weighted by Crippen LogP contribution is 2.46. The molecular formula is C31H29O4P. The molecule has 0 aliphatic carbocycles. The Labute approximate surface area is 213 Å². The molecule has 0 saturated heterocycles. The third-order valence-electron chi connectivity index (χ3n) is 6.12. The van der Waals surface area contributed by atoms with Crippen molar-refractivity contribution in [3.63, 3.8) is 0 Å². The maximum atomic E-state index is 6.28. The van der Waals surface area contributed by atoms with Crippen molar-refractivity contribution in [2.24, 2.45) is 0 Å².